The summed E-state index contributed by atoms with van der Waals surface area (Å²) in [6.45, 7) is 4.07. The van der Waals surface area contributed by atoms with Crippen molar-refractivity contribution < 1.29 is 14.7 Å². The van der Waals surface area contributed by atoms with E-state index in [1.165, 1.54) is 47.9 Å². The summed E-state index contributed by atoms with van der Waals surface area (Å²) < 4.78 is -0.166. The van der Waals surface area contributed by atoms with Gasteiger partial charge in [-0.3, -0.25) is 10.1 Å². The molecule has 1 aromatic carbocycles. The van der Waals surface area contributed by atoms with Crippen molar-refractivity contribution in [2.75, 3.05) is 11.9 Å². The SMILES string of the molecule is CC(C)(Sc1cnc(NC(=O)N(CCCCc2ccccc2)C2CCCCC2)s1)C(=O)O. The molecule has 6 nitrogen and oxygen atoms in total. The third-order valence-corrected chi connectivity index (χ3v) is 8.00. The molecular weight excluding hydrogens is 442 g/mol. The van der Waals surface area contributed by atoms with E-state index in [2.05, 4.69) is 34.6 Å². The van der Waals surface area contributed by atoms with Crippen molar-refractivity contribution in [2.45, 2.75) is 80.2 Å². The molecule has 0 unspecified atom stereocenters. The van der Waals surface area contributed by atoms with Crippen molar-refractivity contribution >= 4 is 40.2 Å². The Morgan fingerprint density at radius 2 is 1.91 bits per heavy atom. The van der Waals surface area contributed by atoms with Gasteiger partial charge >= 0.3 is 12.0 Å². The van der Waals surface area contributed by atoms with Gasteiger partial charge in [0.15, 0.2) is 5.13 Å². The molecule has 8 heteroatoms. The Morgan fingerprint density at radius 1 is 1.19 bits per heavy atom. The predicted molar refractivity (Wildman–Crippen MR) is 132 cm³/mol. The van der Waals surface area contributed by atoms with E-state index in [4.69, 9.17) is 0 Å². The minimum atomic E-state index is -0.944. The number of hydrogen-bond donors (Lipinski definition) is 2. The molecular formula is C24H33N3O3S2. The minimum Gasteiger partial charge on any atom is -0.480 e. The maximum absolute atomic E-state index is 13.2. The molecule has 1 aliphatic rings. The summed E-state index contributed by atoms with van der Waals surface area (Å²) in [5.41, 5.74) is 1.33. The zero-order chi connectivity index (χ0) is 23.0. The number of nitrogens with zero attached hydrogens (tertiary/aromatic N) is 2. The van der Waals surface area contributed by atoms with Gasteiger partial charge in [0.1, 0.15) is 4.75 Å². The zero-order valence-electron chi connectivity index (χ0n) is 18.9. The highest BCUT2D eigenvalue weighted by Crippen LogP contribution is 2.37. The number of carbonyl (C=O) groups is 2. The Morgan fingerprint density at radius 3 is 2.59 bits per heavy atom. The second-order valence-corrected chi connectivity index (χ2v) is 11.7. The van der Waals surface area contributed by atoms with Crippen LogP contribution in [-0.2, 0) is 11.2 Å². The Labute approximate surface area is 198 Å². The van der Waals surface area contributed by atoms with Crippen LogP contribution in [0.1, 0.15) is 64.4 Å². The first-order chi connectivity index (χ1) is 15.3. The summed E-state index contributed by atoms with van der Waals surface area (Å²) in [6.07, 6.45) is 10.4. The van der Waals surface area contributed by atoms with Crippen LogP contribution in [0, 0.1) is 0 Å². The number of amides is 2. The number of aliphatic carboxylic acids is 1. The van der Waals surface area contributed by atoms with Gasteiger partial charge in [0.05, 0.1) is 10.4 Å². The smallest absolute Gasteiger partial charge is 0.323 e. The first kappa shape index (κ1) is 24.6. The molecule has 0 atom stereocenters. The van der Waals surface area contributed by atoms with Gasteiger partial charge in [-0.2, -0.15) is 0 Å². The summed E-state index contributed by atoms with van der Waals surface area (Å²) in [4.78, 5) is 30.8. The van der Waals surface area contributed by atoms with Crippen LogP contribution in [0.25, 0.3) is 0 Å². The number of benzene rings is 1. The third-order valence-electron chi connectivity index (χ3n) is 5.80. The number of nitrogens with one attached hydrogen (secondary N) is 1. The average Bonchev–Trinajstić information content (AvgIpc) is 3.20. The first-order valence-electron chi connectivity index (χ1n) is 11.3. The van der Waals surface area contributed by atoms with E-state index in [1.54, 1.807) is 20.0 Å². The highest BCUT2D eigenvalue weighted by Gasteiger charge is 2.30. The number of thioether (sulfide) groups is 1. The Balaban J connectivity index is 1.57. The van der Waals surface area contributed by atoms with E-state index >= 15 is 0 Å². The molecule has 2 aromatic rings. The number of rotatable bonds is 10. The maximum Gasteiger partial charge on any atom is 0.323 e. The summed E-state index contributed by atoms with van der Waals surface area (Å²) >= 11 is 2.57. The molecule has 0 spiro atoms. The monoisotopic (exact) mass is 475 g/mol. The number of carbonyl (C=O) groups excluding carboxylic acids is 1. The van der Waals surface area contributed by atoms with Crippen molar-refractivity contribution in [1.82, 2.24) is 9.88 Å². The quantitative estimate of drug-likeness (QED) is 0.312. The first-order valence-corrected chi connectivity index (χ1v) is 13.0. The summed E-state index contributed by atoms with van der Waals surface area (Å²) in [6, 6.07) is 10.6. The summed E-state index contributed by atoms with van der Waals surface area (Å²) in [5.74, 6) is -0.875. The predicted octanol–water partition coefficient (Wildman–Crippen LogP) is 6.29. The van der Waals surface area contributed by atoms with E-state index in [0.29, 0.717) is 5.13 Å². The van der Waals surface area contributed by atoms with Gasteiger partial charge in [-0.1, -0.05) is 72.7 Å². The topological polar surface area (TPSA) is 82.5 Å². The molecule has 0 radical (unpaired) electrons. The van der Waals surface area contributed by atoms with Crippen LogP contribution in [0.15, 0.2) is 40.7 Å². The summed E-state index contributed by atoms with van der Waals surface area (Å²) in [5, 5.41) is 12.8. The Kier molecular flexibility index (Phi) is 8.99. The number of carboxylic acid groups (broad SMARTS) is 1. The van der Waals surface area contributed by atoms with Crippen LogP contribution in [0.2, 0.25) is 0 Å². The molecule has 1 heterocycles. The van der Waals surface area contributed by atoms with Crippen molar-refractivity contribution in [3.63, 3.8) is 0 Å². The summed E-state index contributed by atoms with van der Waals surface area (Å²) in [7, 11) is 0. The lowest BCUT2D eigenvalue weighted by atomic mass is 9.94. The van der Waals surface area contributed by atoms with Crippen LogP contribution in [-0.4, -0.2) is 44.3 Å². The number of hydrogen-bond acceptors (Lipinski definition) is 5. The lowest BCUT2D eigenvalue weighted by Gasteiger charge is -2.34. The number of anilines is 1. The molecule has 0 saturated heterocycles. The fourth-order valence-corrected chi connectivity index (χ4v) is 6.19. The molecule has 3 rings (SSSR count). The zero-order valence-corrected chi connectivity index (χ0v) is 20.5. The van der Waals surface area contributed by atoms with Gasteiger partial charge in [-0.25, -0.2) is 9.78 Å². The lowest BCUT2D eigenvalue weighted by Crippen LogP contribution is -2.44. The number of unbranched alkanes of at least 4 members (excludes halogenated alkanes) is 1. The molecule has 0 bridgehead atoms. The van der Waals surface area contributed by atoms with Crippen LogP contribution in [0.5, 0.6) is 0 Å². The highest BCUT2D eigenvalue weighted by molar-refractivity contribution is 8.03. The van der Waals surface area contributed by atoms with E-state index in [1.807, 2.05) is 11.0 Å². The van der Waals surface area contributed by atoms with Crippen LogP contribution >= 0.6 is 23.1 Å². The van der Waals surface area contributed by atoms with Gasteiger partial charge < -0.3 is 10.0 Å². The normalized spacial score (nSPS) is 14.8. The largest absolute Gasteiger partial charge is 0.480 e. The second-order valence-electron chi connectivity index (χ2n) is 8.76. The molecule has 2 amide bonds. The fourth-order valence-electron chi connectivity index (χ4n) is 3.92. The third kappa shape index (κ3) is 7.24. The molecule has 1 saturated carbocycles. The van der Waals surface area contributed by atoms with Crippen molar-refractivity contribution in [2.24, 2.45) is 0 Å². The number of aryl methyl sites for hydroxylation is 1. The molecule has 1 aromatic heterocycles. The molecule has 1 aliphatic carbocycles. The Bertz CT molecular complexity index is 880. The standard InChI is InChI=1S/C24H33N3O3S2/c1-24(2,21(28)29)32-20-17-25-22(31-20)26-23(30)27(19-14-7-4-8-15-19)16-10-9-13-18-11-5-3-6-12-18/h3,5-6,11-12,17,19H,4,7-10,13-16H2,1-2H3,(H,28,29)(H,25,26,30). The molecule has 0 aliphatic heterocycles. The molecule has 32 heavy (non-hydrogen) atoms. The van der Waals surface area contributed by atoms with Crippen molar-refractivity contribution in [3.8, 4) is 0 Å². The lowest BCUT2D eigenvalue weighted by molar-refractivity contribution is -0.138. The Hall–Kier alpha value is -2.06. The average molecular weight is 476 g/mol. The molecule has 2 N–H and O–H groups in total. The van der Waals surface area contributed by atoms with Gasteiger partial charge in [0.2, 0.25) is 0 Å². The fraction of sp³-hybridized carbons (Fsp3) is 0.542. The van der Waals surface area contributed by atoms with Crippen LogP contribution in [0.3, 0.4) is 0 Å². The number of aromatic nitrogens is 1. The van der Waals surface area contributed by atoms with Crippen LogP contribution < -0.4 is 5.32 Å². The number of thiazole rings is 1. The van der Waals surface area contributed by atoms with Crippen molar-refractivity contribution in [1.29, 1.82) is 0 Å². The maximum atomic E-state index is 13.2. The molecule has 174 valence electrons. The van der Waals surface area contributed by atoms with Gasteiger partial charge in [0, 0.05) is 12.6 Å². The van der Waals surface area contributed by atoms with E-state index < -0.39 is 10.7 Å². The number of urea groups is 1. The van der Waals surface area contributed by atoms with Gasteiger partial charge in [-0.05, 0) is 51.5 Å². The minimum absolute atomic E-state index is 0.0972. The second kappa shape index (κ2) is 11.7. The van der Waals surface area contributed by atoms with E-state index in [0.717, 1.165) is 42.9 Å². The highest BCUT2D eigenvalue weighted by atomic mass is 32.2. The van der Waals surface area contributed by atoms with Gasteiger partial charge in [-0.15, -0.1) is 0 Å². The van der Waals surface area contributed by atoms with E-state index in [9.17, 15) is 14.7 Å². The van der Waals surface area contributed by atoms with Crippen molar-refractivity contribution in [3.05, 3.63) is 42.1 Å². The van der Waals surface area contributed by atoms with Gasteiger partial charge in [0.25, 0.3) is 0 Å². The van der Waals surface area contributed by atoms with Crippen LogP contribution in [0.4, 0.5) is 9.93 Å². The molecule has 1 fully saturated rings. The number of carboxylic acids is 1. The van der Waals surface area contributed by atoms with E-state index in [-0.39, 0.29) is 12.1 Å².